The van der Waals surface area contributed by atoms with Crippen molar-refractivity contribution < 1.29 is 4.74 Å². The fourth-order valence-electron chi connectivity index (χ4n) is 3.49. The van der Waals surface area contributed by atoms with E-state index < -0.39 is 0 Å². The minimum Gasteiger partial charge on any atom is -0.435 e. The number of anilines is 2. The van der Waals surface area contributed by atoms with Crippen LogP contribution in [0.25, 0.3) is 10.9 Å². The highest BCUT2D eigenvalue weighted by Gasteiger charge is 2.22. The number of nitrogens with zero attached hydrogens (tertiary/aromatic N) is 4. The summed E-state index contributed by atoms with van der Waals surface area (Å²) < 4.78 is 6.07. The fourth-order valence-corrected chi connectivity index (χ4v) is 3.49. The van der Waals surface area contributed by atoms with E-state index in [1.165, 1.54) is 12.7 Å². The molecule has 26 heavy (non-hydrogen) atoms. The largest absolute Gasteiger partial charge is 0.435 e. The number of nitrogen functional groups attached to an aromatic ring is 1. The number of pyridine rings is 1. The molecule has 0 radical (unpaired) electrons. The summed E-state index contributed by atoms with van der Waals surface area (Å²) in [6, 6.07) is 9.87. The number of hydrogen-bond donors (Lipinski definition) is 1. The molecule has 0 aliphatic carbocycles. The number of nitrogens with two attached hydrogens (primary N) is 1. The van der Waals surface area contributed by atoms with E-state index in [9.17, 15) is 0 Å². The number of aryl methyl sites for hydroxylation is 1. The van der Waals surface area contributed by atoms with E-state index in [2.05, 4.69) is 26.8 Å². The molecule has 1 aromatic carbocycles. The molecule has 0 amide bonds. The summed E-state index contributed by atoms with van der Waals surface area (Å²) in [4.78, 5) is 15.5. The lowest BCUT2D eigenvalue weighted by Gasteiger charge is -2.32. The lowest BCUT2D eigenvalue weighted by molar-refractivity contribution is 0.441. The van der Waals surface area contributed by atoms with Crippen molar-refractivity contribution in [1.82, 2.24) is 15.0 Å². The Kier molecular flexibility index (Phi) is 4.32. The van der Waals surface area contributed by atoms with Gasteiger partial charge >= 0.3 is 0 Å². The number of benzene rings is 1. The maximum Gasteiger partial charge on any atom is 0.248 e. The minimum absolute atomic E-state index is 0.379. The van der Waals surface area contributed by atoms with Crippen molar-refractivity contribution >= 4 is 22.4 Å². The zero-order chi connectivity index (χ0) is 18.1. The first kappa shape index (κ1) is 16.6. The van der Waals surface area contributed by atoms with Crippen molar-refractivity contribution in [2.45, 2.75) is 26.7 Å². The maximum atomic E-state index is 6.37. The molecular formula is C20H23N5O. The van der Waals surface area contributed by atoms with Crippen molar-refractivity contribution in [3.63, 3.8) is 0 Å². The predicted molar refractivity (Wildman–Crippen MR) is 104 cm³/mol. The molecule has 134 valence electrons. The van der Waals surface area contributed by atoms with Gasteiger partial charge in [-0.15, -0.1) is 0 Å². The second-order valence-corrected chi connectivity index (χ2v) is 6.99. The van der Waals surface area contributed by atoms with Gasteiger partial charge in [-0.2, -0.15) is 4.98 Å². The molecule has 6 nitrogen and oxygen atoms in total. The quantitative estimate of drug-likeness (QED) is 0.771. The van der Waals surface area contributed by atoms with Gasteiger partial charge in [0.2, 0.25) is 5.88 Å². The lowest BCUT2D eigenvalue weighted by Crippen LogP contribution is -2.35. The topological polar surface area (TPSA) is 77.2 Å². The smallest absolute Gasteiger partial charge is 0.248 e. The van der Waals surface area contributed by atoms with Gasteiger partial charge in [0.15, 0.2) is 11.6 Å². The van der Waals surface area contributed by atoms with Crippen LogP contribution in [-0.2, 0) is 0 Å². The van der Waals surface area contributed by atoms with E-state index in [0.29, 0.717) is 23.2 Å². The number of para-hydroxylation sites is 1. The van der Waals surface area contributed by atoms with Crippen molar-refractivity contribution in [1.29, 1.82) is 0 Å². The van der Waals surface area contributed by atoms with E-state index >= 15 is 0 Å². The first-order valence-corrected chi connectivity index (χ1v) is 9.01. The Bertz CT molecular complexity index is 943. The SMILES string of the molecule is Cc1ccc2cccc(Oc3ncnc(N4CCCC(C)C4)c3N)c2n1. The number of aromatic nitrogens is 3. The van der Waals surface area contributed by atoms with E-state index in [1.807, 2.05) is 37.3 Å². The van der Waals surface area contributed by atoms with Gasteiger partial charge in [-0.1, -0.05) is 25.1 Å². The molecule has 3 heterocycles. The first-order valence-electron chi connectivity index (χ1n) is 9.01. The van der Waals surface area contributed by atoms with Gasteiger partial charge in [-0.05, 0) is 37.8 Å². The fraction of sp³-hybridized carbons (Fsp3) is 0.350. The molecule has 1 atom stereocenters. The van der Waals surface area contributed by atoms with Crippen molar-refractivity contribution in [3.8, 4) is 11.6 Å². The summed E-state index contributed by atoms with van der Waals surface area (Å²) in [5.41, 5.74) is 8.59. The monoisotopic (exact) mass is 349 g/mol. The van der Waals surface area contributed by atoms with Gasteiger partial charge < -0.3 is 15.4 Å². The van der Waals surface area contributed by atoms with E-state index in [-0.39, 0.29) is 0 Å². The molecule has 1 saturated heterocycles. The third kappa shape index (κ3) is 3.14. The molecule has 2 aromatic heterocycles. The molecule has 0 bridgehead atoms. The number of ether oxygens (including phenoxy) is 1. The summed E-state index contributed by atoms with van der Waals surface area (Å²) in [6.45, 7) is 6.13. The summed E-state index contributed by atoms with van der Waals surface area (Å²) in [5, 5.41) is 1.02. The molecule has 1 aliphatic rings. The molecule has 0 saturated carbocycles. The van der Waals surface area contributed by atoms with Crippen LogP contribution in [0.3, 0.4) is 0 Å². The van der Waals surface area contributed by atoms with E-state index in [4.69, 9.17) is 10.5 Å². The molecule has 4 rings (SSSR count). The van der Waals surface area contributed by atoms with Gasteiger partial charge in [0, 0.05) is 24.2 Å². The molecule has 6 heteroatoms. The molecular weight excluding hydrogens is 326 g/mol. The molecule has 1 unspecified atom stereocenters. The van der Waals surface area contributed by atoms with Crippen LogP contribution in [0.2, 0.25) is 0 Å². The van der Waals surface area contributed by atoms with Crippen LogP contribution >= 0.6 is 0 Å². The van der Waals surface area contributed by atoms with Gasteiger partial charge in [0.05, 0.1) is 0 Å². The Balaban J connectivity index is 1.69. The maximum absolute atomic E-state index is 6.37. The Morgan fingerprint density at radius 3 is 2.92 bits per heavy atom. The number of piperidine rings is 1. The predicted octanol–water partition coefficient (Wildman–Crippen LogP) is 3.94. The van der Waals surface area contributed by atoms with Gasteiger partial charge in [0.25, 0.3) is 0 Å². The zero-order valence-electron chi connectivity index (χ0n) is 15.1. The Hall–Kier alpha value is -2.89. The third-order valence-corrected chi connectivity index (χ3v) is 4.81. The van der Waals surface area contributed by atoms with Crippen molar-refractivity contribution in [3.05, 3.63) is 42.4 Å². The number of fused-ring (bicyclic) bond motifs is 1. The second kappa shape index (κ2) is 6.78. The zero-order valence-corrected chi connectivity index (χ0v) is 15.1. The highest BCUT2D eigenvalue weighted by atomic mass is 16.5. The Morgan fingerprint density at radius 2 is 2.08 bits per heavy atom. The lowest BCUT2D eigenvalue weighted by atomic mass is 10.0. The average molecular weight is 349 g/mol. The van der Waals surface area contributed by atoms with Crippen LogP contribution < -0.4 is 15.4 Å². The van der Waals surface area contributed by atoms with Crippen LogP contribution in [-0.4, -0.2) is 28.0 Å². The van der Waals surface area contributed by atoms with E-state index in [0.717, 1.165) is 41.9 Å². The summed E-state index contributed by atoms with van der Waals surface area (Å²) >= 11 is 0. The van der Waals surface area contributed by atoms with Crippen molar-refractivity contribution in [2.24, 2.45) is 5.92 Å². The highest BCUT2D eigenvalue weighted by molar-refractivity contribution is 5.85. The van der Waals surface area contributed by atoms with Crippen LogP contribution in [0.15, 0.2) is 36.7 Å². The molecule has 0 spiro atoms. The van der Waals surface area contributed by atoms with E-state index in [1.54, 1.807) is 0 Å². The molecule has 1 fully saturated rings. The van der Waals surface area contributed by atoms with Crippen molar-refractivity contribution in [2.75, 3.05) is 23.7 Å². The highest BCUT2D eigenvalue weighted by Crippen LogP contribution is 2.35. The minimum atomic E-state index is 0.379. The molecule has 2 N–H and O–H groups in total. The summed E-state index contributed by atoms with van der Waals surface area (Å²) in [7, 11) is 0. The normalized spacial score (nSPS) is 17.5. The second-order valence-electron chi connectivity index (χ2n) is 6.99. The Labute approximate surface area is 153 Å². The van der Waals surface area contributed by atoms with Crippen LogP contribution in [0, 0.1) is 12.8 Å². The third-order valence-electron chi connectivity index (χ3n) is 4.81. The van der Waals surface area contributed by atoms with Gasteiger partial charge in [-0.3, -0.25) is 0 Å². The molecule has 1 aliphatic heterocycles. The number of hydrogen-bond acceptors (Lipinski definition) is 6. The standard InChI is InChI=1S/C20H23N5O/c1-13-5-4-10-25(11-13)19-17(21)20(23-12-22-19)26-16-7-3-6-15-9-8-14(2)24-18(15)16/h3,6-9,12-13H,4-5,10-11,21H2,1-2H3. The number of rotatable bonds is 3. The van der Waals surface area contributed by atoms with Gasteiger partial charge in [-0.25, -0.2) is 9.97 Å². The first-order chi connectivity index (χ1) is 12.6. The van der Waals surface area contributed by atoms with Crippen LogP contribution in [0.4, 0.5) is 11.5 Å². The van der Waals surface area contributed by atoms with Gasteiger partial charge in [0.1, 0.15) is 17.5 Å². The van der Waals surface area contributed by atoms with Crippen LogP contribution in [0.1, 0.15) is 25.5 Å². The summed E-state index contributed by atoms with van der Waals surface area (Å²) in [5.74, 6) is 2.41. The average Bonchev–Trinajstić information content (AvgIpc) is 2.64. The van der Waals surface area contributed by atoms with Crippen LogP contribution in [0.5, 0.6) is 11.6 Å². The summed E-state index contributed by atoms with van der Waals surface area (Å²) in [6.07, 6.45) is 3.91. The Morgan fingerprint density at radius 1 is 1.19 bits per heavy atom. The molecule has 3 aromatic rings.